The van der Waals surface area contributed by atoms with Crippen LogP contribution in [-0.2, 0) is 10.0 Å². The lowest BCUT2D eigenvalue weighted by molar-refractivity contribution is 0.378. The summed E-state index contributed by atoms with van der Waals surface area (Å²) in [5.74, 6) is 2.00. The zero-order chi connectivity index (χ0) is 20.9. The maximum Gasteiger partial charge on any atom is 0.261 e. The molecule has 3 aromatic rings. The Morgan fingerprint density at radius 1 is 0.862 bits per heavy atom. The third kappa shape index (κ3) is 4.78. The molecule has 0 aliphatic heterocycles. The summed E-state index contributed by atoms with van der Waals surface area (Å²) in [5, 5.41) is 8.98. The third-order valence-electron chi connectivity index (χ3n) is 3.98. The van der Waals surface area contributed by atoms with Crippen molar-refractivity contribution < 1.29 is 22.6 Å². The predicted molar refractivity (Wildman–Crippen MR) is 108 cm³/mol. The standard InChI is InChI=1S/C21H18N2O5S/c1-26-17-7-9-18(10-8-17)28-21-13-16(6-11-20(21)27-2)23-29(24,25)19-5-3-4-15(12-19)14-22/h3-13,23H,1-2H3. The molecule has 0 radical (unpaired) electrons. The first-order valence-electron chi connectivity index (χ1n) is 8.48. The van der Waals surface area contributed by atoms with Crippen LogP contribution in [0.25, 0.3) is 0 Å². The van der Waals surface area contributed by atoms with Gasteiger partial charge in [0.2, 0.25) is 0 Å². The predicted octanol–water partition coefficient (Wildman–Crippen LogP) is 4.17. The fraction of sp³-hybridized carbons (Fsp3) is 0.0952. The van der Waals surface area contributed by atoms with Crippen LogP contribution in [0, 0.1) is 11.3 Å². The first-order valence-corrected chi connectivity index (χ1v) is 9.96. The Morgan fingerprint density at radius 2 is 1.59 bits per heavy atom. The van der Waals surface area contributed by atoms with E-state index in [4.69, 9.17) is 19.5 Å². The van der Waals surface area contributed by atoms with E-state index in [1.165, 1.54) is 37.4 Å². The summed E-state index contributed by atoms with van der Waals surface area (Å²) in [5.41, 5.74) is 0.544. The van der Waals surface area contributed by atoms with Crippen molar-refractivity contribution >= 4 is 15.7 Å². The Morgan fingerprint density at radius 3 is 2.24 bits per heavy atom. The lowest BCUT2D eigenvalue weighted by Gasteiger charge is -2.14. The SMILES string of the molecule is COc1ccc(Oc2cc(NS(=O)(=O)c3cccc(C#N)c3)ccc2OC)cc1. The molecule has 3 rings (SSSR count). The second-order valence-electron chi connectivity index (χ2n) is 5.89. The number of hydrogen-bond acceptors (Lipinski definition) is 6. The molecule has 0 heterocycles. The van der Waals surface area contributed by atoms with Crippen LogP contribution in [0.15, 0.2) is 71.6 Å². The lowest BCUT2D eigenvalue weighted by Crippen LogP contribution is -2.13. The molecule has 0 atom stereocenters. The van der Waals surface area contributed by atoms with E-state index in [0.29, 0.717) is 23.0 Å². The van der Waals surface area contributed by atoms with Crippen LogP contribution in [0.2, 0.25) is 0 Å². The van der Waals surface area contributed by atoms with Crippen LogP contribution < -0.4 is 18.9 Å². The average Bonchev–Trinajstić information content (AvgIpc) is 2.74. The molecule has 0 unspecified atom stereocenters. The number of rotatable bonds is 7. The van der Waals surface area contributed by atoms with Gasteiger partial charge in [-0.1, -0.05) is 6.07 Å². The van der Waals surface area contributed by atoms with Crippen LogP contribution in [0.5, 0.6) is 23.0 Å². The number of nitrogens with zero attached hydrogens (tertiary/aromatic N) is 1. The number of sulfonamides is 1. The third-order valence-corrected chi connectivity index (χ3v) is 5.36. The number of methoxy groups -OCH3 is 2. The van der Waals surface area contributed by atoms with Gasteiger partial charge < -0.3 is 14.2 Å². The van der Waals surface area contributed by atoms with Gasteiger partial charge in [-0.2, -0.15) is 5.26 Å². The van der Waals surface area contributed by atoms with E-state index in [0.717, 1.165) is 0 Å². The molecule has 3 aromatic carbocycles. The van der Waals surface area contributed by atoms with Gasteiger partial charge in [-0.15, -0.1) is 0 Å². The van der Waals surface area contributed by atoms with Gasteiger partial charge in [-0.25, -0.2) is 8.42 Å². The second-order valence-corrected chi connectivity index (χ2v) is 7.57. The van der Waals surface area contributed by atoms with Crippen LogP contribution >= 0.6 is 0 Å². The Balaban J connectivity index is 1.88. The highest BCUT2D eigenvalue weighted by Crippen LogP contribution is 2.35. The first-order chi connectivity index (χ1) is 13.9. The number of anilines is 1. The highest BCUT2D eigenvalue weighted by molar-refractivity contribution is 7.92. The maximum atomic E-state index is 12.7. The van der Waals surface area contributed by atoms with Crippen molar-refractivity contribution in [1.82, 2.24) is 0 Å². The molecule has 8 heteroatoms. The summed E-state index contributed by atoms with van der Waals surface area (Å²) in [6, 6.07) is 19.3. The van der Waals surface area contributed by atoms with Crippen molar-refractivity contribution in [2.45, 2.75) is 4.90 Å². The van der Waals surface area contributed by atoms with Gasteiger partial charge in [-0.05, 0) is 54.6 Å². The molecule has 0 aromatic heterocycles. The van der Waals surface area contributed by atoms with Crippen molar-refractivity contribution in [2.75, 3.05) is 18.9 Å². The van der Waals surface area contributed by atoms with Gasteiger partial charge in [0.15, 0.2) is 11.5 Å². The summed E-state index contributed by atoms with van der Waals surface area (Å²) >= 11 is 0. The lowest BCUT2D eigenvalue weighted by atomic mass is 10.2. The summed E-state index contributed by atoms with van der Waals surface area (Å²) in [6.45, 7) is 0. The molecule has 0 bridgehead atoms. The number of nitrogens with one attached hydrogen (secondary N) is 1. The molecule has 7 nitrogen and oxygen atoms in total. The minimum absolute atomic E-state index is 0.00927. The Kier molecular flexibility index (Phi) is 5.90. The van der Waals surface area contributed by atoms with E-state index in [1.807, 2.05) is 6.07 Å². The van der Waals surface area contributed by atoms with Crippen molar-refractivity contribution in [2.24, 2.45) is 0 Å². The molecule has 0 aliphatic rings. The fourth-order valence-corrected chi connectivity index (χ4v) is 3.63. The van der Waals surface area contributed by atoms with E-state index >= 15 is 0 Å². The minimum atomic E-state index is -3.88. The average molecular weight is 410 g/mol. The molecular formula is C21H18N2O5S. The molecule has 148 valence electrons. The normalized spacial score (nSPS) is 10.7. The number of ether oxygens (including phenoxy) is 3. The summed E-state index contributed by atoms with van der Waals surface area (Å²) in [7, 11) is -0.814. The smallest absolute Gasteiger partial charge is 0.261 e. The van der Waals surface area contributed by atoms with Gasteiger partial charge >= 0.3 is 0 Å². The molecule has 0 saturated carbocycles. The van der Waals surface area contributed by atoms with Gasteiger partial charge in [0, 0.05) is 6.07 Å². The Labute approximate surface area is 169 Å². The molecule has 29 heavy (non-hydrogen) atoms. The molecule has 0 aliphatic carbocycles. The highest BCUT2D eigenvalue weighted by Gasteiger charge is 2.16. The van der Waals surface area contributed by atoms with E-state index < -0.39 is 10.0 Å². The van der Waals surface area contributed by atoms with Crippen LogP contribution in [0.4, 0.5) is 5.69 Å². The Bertz CT molecular complexity index is 1150. The topological polar surface area (TPSA) is 97.6 Å². The molecule has 0 saturated heterocycles. The van der Waals surface area contributed by atoms with Gasteiger partial charge in [0.05, 0.1) is 36.4 Å². The fourth-order valence-electron chi connectivity index (χ4n) is 2.54. The Hall–Kier alpha value is -3.70. The minimum Gasteiger partial charge on any atom is -0.497 e. The van der Waals surface area contributed by atoms with Crippen LogP contribution in [0.1, 0.15) is 5.56 Å². The van der Waals surface area contributed by atoms with E-state index in [2.05, 4.69) is 4.72 Å². The van der Waals surface area contributed by atoms with Gasteiger partial charge in [-0.3, -0.25) is 4.72 Å². The number of nitriles is 1. The molecule has 0 fully saturated rings. The van der Waals surface area contributed by atoms with E-state index in [1.54, 1.807) is 43.5 Å². The van der Waals surface area contributed by atoms with Crippen LogP contribution in [0.3, 0.4) is 0 Å². The van der Waals surface area contributed by atoms with Crippen molar-refractivity contribution in [3.8, 4) is 29.1 Å². The highest BCUT2D eigenvalue weighted by atomic mass is 32.2. The van der Waals surface area contributed by atoms with E-state index in [9.17, 15) is 8.42 Å². The maximum absolute atomic E-state index is 12.7. The van der Waals surface area contributed by atoms with Gasteiger partial charge in [0.1, 0.15) is 11.5 Å². The first kappa shape index (κ1) is 20.0. The van der Waals surface area contributed by atoms with E-state index in [-0.39, 0.29) is 16.1 Å². The van der Waals surface area contributed by atoms with Gasteiger partial charge in [0.25, 0.3) is 10.0 Å². The molecule has 1 N–H and O–H groups in total. The zero-order valence-corrected chi connectivity index (χ0v) is 16.6. The zero-order valence-electron chi connectivity index (χ0n) is 15.7. The van der Waals surface area contributed by atoms with Crippen molar-refractivity contribution in [3.05, 3.63) is 72.3 Å². The van der Waals surface area contributed by atoms with Crippen molar-refractivity contribution in [3.63, 3.8) is 0 Å². The summed E-state index contributed by atoms with van der Waals surface area (Å²) < 4.78 is 44.1. The molecular weight excluding hydrogens is 392 g/mol. The summed E-state index contributed by atoms with van der Waals surface area (Å²) in [6.07, 6.45) is 0. The number of hydrogen-bond donors (Lipinski definition) is 1. The number of benzene rings is 3. The quantitative estimate of drug-likeness (QED) is 0.628. The monoisotopic (exact) mass is 410 g/mol. The largest absolute Gasteiger partial charge is 0.497 e. The van der Waals surface area contributed by atoms with Crippen LogP contribution in [-0.4, -0.2) is 22.6 Å². The van der Waals surface area contributed by atoms with Crippen molar-refractivity contribution in [1.29, 1.82) is 5.26 Å². The molecule has 0 amide bonds. The molecule has 0 spiro atoms. The summed E-state index contributed by atoms with van der Waals surface area (Å²) in [4.78, 5) is -0.00927. The second kappa shape index (κ2) is 8.54.